The maximum atomic E-state index is 12.6. The second-order valence-corrected chi connectivity index (χ2v) is 6.38. The highest BCUT2D eigenvalue weighted by Crippen LogP contribution is 2.27. The highest BCUT2D eigenvalue weighted by molar-refractivity contribution is 6.30. The van der Waals surface area contributed by atoms with Crippen LogP contribution in [0, 0.1) is 0 Å². The van der Waals surface area contributed by atoms with Crippen LogP contribution < -0.4 is 10.6 Å². The average Bonchev–Trinajstić information content (AvgIpc) is 2.94. The minimum atomic E-state index is -0.770. The van der Waals surface area contributed by atoms with Gasteiger partial charge in [-0.3, -0.25) is 14.3 Å². The number of benzene rings is 1. The summed E-state index contributed by atoms with van der Waals surface area (Å²) in [6.45, 7) is 6.17. The van der Waals surface area contributed by atoms with E-state index in [0.29, 0.717) is 17.4 Å². The van der Waals surface area contributed by atoms with E-state index in [2.05, 4.69) is 15.7 Å². The highest BCUT2D eigenvalue weighted by atomic mass is 35.5. The predicted molar refractivity (Wildman–Crippen MR) is 94.0 cm³/mol. The molecule has 0 radical (unpaired) electrons. The number of carbonyl (C=O) groups excluding carboxylic acids is 2. The molecule has 0 unspecified atom stereocenters. The summed E-state index contributed by atoms with van der Waals surface area (Å²) >= 11 is 6.01. The molecular formula is C17H21ClN4O2. The first-order chi connectivity index (χ1) is 11.3. The molecule has 0 bridgehead atoms. The van der Waals surface area contributed by atoms with Gasteiger partial charge in [0, 0.05) is 23.8 Å². The van der Waals surface area contributed by atoms with Crippen molar-refractivity contribution in [2.45, 2.75) is 32.7 Å². The molecule has 2 amide bonds. The van der Waals surface area contributed by atoms with E-state index in [-0.39, 0.29) is 18.4 Å². The minimum Gasteiger partial charge on any atom is -0.355 e. The summed E-state index contributed by atoms with van der Waals surface area (Å²) in [5.74, 6) is 0.0742. The lowest BCUT2D eigenvalue weighted by atomic mass is 9.84. The molecule has 0 aliphatic carbocycles. The molecule has 128 valence electrons. The van der Waals surface area contributed by atoms with Crippen molar-refractivity contribution in [2.24, 2.45) is 0 Å². The third-order valence-corrected chi connectivity index (χ3v) is 3.91. The van der Waals surface area contributed by atoms with Gasteiger partial charge in [-0.05, 0) is 38.5 Å². The molecule has 2 N–H and O–H groups in total. The van der Waals surface area contributed by atoms with Gasteiger partial charge in [0.1, 0.15) is 6.54 Å². The van der Waals surface area contributed by atoms with Crippen LogP contribution in [0.3, 0.4) is 0 Å². The summed E-state index contributed by atoms with van der Waals surface area (Å²) in [6.07, 6.45) is 1.65. The number of nitrogens with one attached hydrogen (secondary N) is 2. The van der Waals surface area contributed by atoms with Gasteiger partial charge in [0.05, 0.1) is 5.41 Å². The molecule has 0 spiro atoms. The molecule has 0 fully saturated rings. The van der Waals surface area contributed by atoms with Gasteiger partial charge in [0.2, 0.25) is 11.8 Å². The maximum absolute atomic E-state index is 12.6. The number of nitrogens with zero attached hydrogens (tertiary/aromatic N) is 2. The fourth-order valence-electron chi connectivity index (χ4n) is 2.20. The van der Waals surface area contributed by atoms with Crippen molar-refractivity contribution in [3.63, 3.8) is 0 Å². The molecule has 0 saturated heterocycles. The molecule has 7 heteroatoms. The Bertz CT molecular complexity index is 740. The summed E-state index contributed by atoms with van der Waals surface area (Å²) in [7, 11) is 0. The van der Waals surface area contributed by atoms with Crippen molar-refractivity contribution in [3.8, 4) is 0 Å². The van der Waals surface area contributed by atoms with Crippen LogP contribution in [0.25, 0.3) is 0 Å². The van der Waals surface area contributed by atoms with Gasteiger partial charge in [0.15, 0.2) is 5.82 Å². The Morgan fingerprint density at radius 2 is 2.04 bits per heavy atom. The van der Waals surface area contributed by atoms with Crippen molar-refractivity contribution in [3.05, 3.63) is 47.1 Å². The van der Waals surface area contributed by atoms with Gasteiger partial charge in [-0.2, -0.15) is 5.10 Å². The first-order valence-electron chi connectivity index (χ1n) is 7.70. The van der Waals surface area contributed by atoms with Crippen LogP contribution >= 0.6 is 11.6 Å². The summed E-state index contributed by atoms with van der Waals surface area (Å²) in [6, 6.07) is 8.87. The molecule has 0 aliphatic rings. The van der Waals surface area contributed by atoms with Crippen molar-refractivity contribution in [2.75, 3.05) is 11.9 Å². The lowest BCUT2D eigenvalue weighted by molar-refractivity contribution is -0.122. The summed E-state index contributed by atoms with van der Waals surface area (Å²) in [5, 5.41) is 10.3. The van der Waals surface area contributed by atoms with Crippen LogP contribution in [0.15, 0.2) is 36.5 Å². The van der Waals surface area contributed by atoms with Crippen molar-refractivity contribution >= 4 is 29.2 Å². The zero-order valence-electron chi connectivity index (χ0n) is 14.0. The SMILES string of the molecule is CCNC(=O)Cn1ccc(NC(=O)C(C)(C)c2cccc(Cl)c2)n1. The van der Waals surface area contributed by atoms with E-state index in [1.54, 1.807) is 24.4 Å². The number of aromatic nitrogens is 2. The molecule has 6 nitrogen and oxygen atoms in total. The molecule has 2 rings (SSSR count). The zero-order chi connectivity index (χ0) is 17.7. The van der Waals surface area contributed by atoms with Gasteiger partial charge in [0.25, 0.3) is 0 Å². The summed E-state index contributed by atoms with van der Waals surface area (Å²) in [5.41, 5.74) is 0.0445. The van der Waals surface area contributed by atoms with E-state index < -0.39 is 5.41 Å². The number of amides is 2. The zero-order valence-corrected chi connectivity index (χ0v) is 14.7. The van der Waals surface area contributed by atoms with Gasteiger partial charge in [-0.25, -0.2) is 0 Å². The summed E-state index contributed by atoms with van der Waals surface area (Å²) < 4.78 is 1.48. The molecule has 2 aromatic rings. The Labute approximate surface area is 146 Å². The molecule has 1 aromatic carbocycles. The Hall–Kier alpha value is -2.34. The van der Waals surface area contributed by atoms with Gasteiger partial charge >= 0.3 is 0 Å². The fraction of sp³-hybridized carbons (Fsp3) is 0.353. The Morgan fingerprint density at radius 3 is 2.71 bits per heavy atom. The van der Waals surface area contributed by atoms with E-state index in [9.17, 15) is 9.59 Å². The largest absolute Gasteiger partial charge is 0.355 e. The first-order valence-corrected chi connectivity index (χ1v) is 8.08. The fourth-order valence-corrected chi connectivity index (χ4v) is 2.39. The lowest BCUT2D eigenvalue weighted by Gasteiger charge is -2.23. The van der Waals surface area contributed by atoms with Crippen LogP contribution in [-0.4, -0.2) is 28.1 Å². The minimum absolute atomic E-state index is 0.112. The normalized spacial score (nSPS) is 11.2. The Morgan fingerprint density at radius 1 is 1.29 bits per heavy atom. The molecule has 0 atom stereocenters. The number of likely N-dealkylation sites (N-methyl/N-ethyl adjacent to an activating group) is 1. The molecular weight excluding hydrogens is 328 g/mol. The van der Waals surface area contributed by atoms with Crippen molar-refractivity contribution in [1.29, 1.82) is 0 Å². The first kappa shape index (κ1) is 18.0. The van der Waals surface area contributed by atoms with Gasteiger partial charge in [-0.1, -0.05) is 23.7 Å². The lowest BCUT2D eigenvalue weighted by Crippen LogP contribution is -2.35. The second kappa shape index (κ2) is 7.49. The number of hydrogen-bond donors (Lipinski definition) is 2. The van der Waals surface area contributed by atoms with Crippen molar-refractivity contribution in [1.82, 2.24) is 15.1 Å². The third-order valence-electron chi connectivity index (χ3n) is 3.68. The van der Waals surface area contributed by atoms with Gasteiger partial charge in [-0.15, -0.1) is 0 Å². The molecule has 0 saturated carbocycles. The van der Waals surface area contributed by atoms with E-state index >= 15 is 0 Å². The number of rotatable bonds is 6. The molecule has 24 heavy (non-hydrogen) atoms. The number of hydrogen-bond acceptors (Lipinski definition) is 3. The van der Waals surface area contributed by atoms with E-state index in [1.807, 2.05) is 32.9 Å². The van der Waals surface area contributed by atoms with Gasteiger partial charge < -0.3 is 10.6 Å². The van der Waals surface area contributed by atoms with E-state index in [1.165, 1.54) is 4.68 Å². The average molecular weight is 349 g/mol. The van der Waals surface area contributed by atoms with Crippen molar-refractivity contribution < 1.29 is 9.59 Å². The number of carbonyl (C=O) groups is 2. The molecule has 0 aliphatic heterocycles. The number of anilines is 1. The van der Waals surface area contributed by atoms with E-state index in [4.69, 9.17) is 11.6 Å². The Balaban J connectivity index is 2.06. The standard InChI is InChI=1S/C17H21ClN4O2/c1-4-19-15(23)11-22-9-8-14(21-22)20-16(24)17(2,3)12-6-5-7-13(18)10-12/h5-10H,4,11H2,1-3H3,(H,19,23)(H,20,21,24). The molecule has 1 aromatic heterocycles. The highest BCUT2D eigenvalue weighted by Gasteiger charge is 2.30. The van der Waals surface area contributed by atoms with Crippen LogP contribution in [0.5, 0.6) is 0 Å². The van der Waals surface area contributed by atoms with Crippen LogP contribution in [-0.2, 0) is 21.5 Å². The Kier molecular flexibility index (Phi) is 5.62. The van der Waals surface area contributed by atoms with Crippen LogP contribution in [0.4, 0.5) is 5.82 Å². The smallest absolute Gasteiger partial charge is 0.241 e. The van der Waals surface area contributed by atoms with E-state index in [0.717, 1.165) is 5.56 Å². The third kappa shape index (κ3) is 4.35. The van der Waals surface area contributed by atoms with Crippen LogP contribution in [0.2, 0.25) is 5.02 Å². The quantitative estimate of drug-likeness (QED) is 0.842. The predicted octanol–water partition coefficient (Wildman–Crippen LogP) is 2.59. The summed E-state index contributed by atoms with van der Waals surface area (Å²) in [4.78, 5) is 24.1. The molecule has 1 heterocycles. The topological polar surface area (TPSA) is 76.0 Å². The number of halogens is 1. The maximum Gasteiger partial charge on any atom is 0.241 e. The monoisotopic (exact) mass is 348 g/mol. The van der Waals surface area contributed by atoms with Crippen LogP contribution in [0.1, 0.15) is 26.3 Å². The second-order valence-electron chi connectivity index (χ2n) is 5.94.